The minimum Gasteiger partial charge on any atom is -0.507 e. The number of carbonyl (C=O) groups is 4. The predicted octanol–water partition coefficient (Wildman–Crippen LogP) is 8.68. The molecule has 4 aromatic rings. The molecule has 4 amide bonds. The highest BCUT2D eigenvalue weighted by molar-refractivity contribution is 6.33. The maximum Gasteiger partial charge on any atom is 0.417 e. The lowest BCUT2D eigenvalue weighted by Gasteiger charge is -2.50. The van der Waals surface area contributed by atoms with Crippen LogP contribution in [0.1, 0.15) is 41.0 Å². The Morgan fingerprint density at radius 1 is 0.929 bits per heavy atom. The topological polar surface area (TPSA) is 120 Å². The SMILES string of the molecule is C=CCc1cccc(C2C3=CCC4C(=O)N(c5ccc(Cl)cc5)C(=O)C4C3CC3C(=O)N(Nc4ncc(C(F)(F)F)cc4Cl)C(=O)C32c2ccc(Cl)cc2)c1O. The van der Waals surface area contributed by atoms with Gasteiger partial charge in [-0.15, -0.1) is 6.58 Å². The molecule has 1 aromatic heterocycles. The Balaban J connectivity index is 1.33. The van der Waals surface area contributed by atoms with Crippen molar-refractivity contribution in [1.82, 2.24) is 9.99 Å². The quantitative estimate of drug-likeness (QED) is 0.142. The fourth-order valence-electron chi connectivity index (χ4n) is 9.14. The second kappa shape index (κ2) is 13.8. The zero-order valence-electron chi connectivity index (χ0n) is 29.1. The van der Waals surface area contributed by atoms with E-state index in [9.17, 15) is 32.7 Å². The maximum atomic E-state index is 15.4. The average Bonchev–Trinajstić information content (AvgIpc) is 3.54. The van der Waals surface area contributed by atoms with Crippen LogP contribution in [0.4, 0.5) is 24.7 Å². The maximum absolute atomic E-state index is 15.4. The molecule has 2 aliphatic heterocycles. The number of benzene rings is 3. The number of anilines is 2. The summed E-state index contributed by atoms with van der Waals surface area (Å²) in [4.78, 5) is 63.7. The van der Waals surface area contributed by atoms with Crippen molar-refractivity contribution in [2.75, 3.05) is 10.3 Å². The Bertz CT molecular complexity index is 2370. The number of pyridine rings is 1. The van der Waals surface area contributed by atoms with Crippen LogP contribution in [-0.4, -0.2) is 38.7 Å². The standard InChI is InChI=1S/C41H30Cl3F3N4O5/c1-2-4-20-5-3-6-28(34(20)52)33-26-15-16-27-32(38(55)50(36(27)53)25-13-11-24(43)12-14-25)29(26)18-30-37(54)51(39(56)40(30,33)21-7-9-23(42)10-8-21)49-35-31(44)17-22(19-48-35)41(45,46)47/h2-3,5-15,17,19,27,29-30,32-33,52H,1,4,16,18H2,(H,48,49). The minimum atomic E-state index is -4.76. The molecule has 0 spiro atoms. The van der Waals surface area contributed by atoms with Gasteiger partial charge in [0.25, 0.3) is 11.8 Å². The molecule has 4 aliphatic rings. The zero-order chi connectivity index (χ0) is 39.8. The van der Waals surface area contributed by atoms with Gasteiger partial charge in [-0.05, 0) is 78.8 Å². The van der Waals surface area contributed by atoms with E-state index >= 15 is 4.79 Å². The largest absolute Gasteiger partial charge is 0.507 e. The molecule has 3 fully saturated rings. The van der Waals surface area contributed by atoms with Crippen LogP contribution in [0.25, 0.3) is 0 Å². The van der Waals surface area contributed by atoms with Gasteiger partial charge in [0.1, 0.15) is 5.75 Å². The lowest BCUT2D eigenvalue weighted by Crippen LogP contribution is -2.53. The second-order valence-electron chi connectivity index (χ2n) is 14.3. The number of phenols is 1. The minimum absolute atomic E-state index is 0.0797. The smallest absolute Gasteiger partial charge is 0.417 e. The Labute approximate surface area is 333 Å². The molecule has 3 aromatic carbocycles. The van der Waals surface area contributed by atoms with Crippen LogP contribution < -0.4 is 10.3 Å². The Hall–Kier alpha value is -5.17. The highest BCUT2D eigenvalue weighted by atomic mass is 35.5. The molecule has 6 atom stereocenters. The van der Waals surface area contributed by atoms with Crippen LogP contribution in [0.15, 0.2) is 103 Å². The molecule has 8 rings (SSSR count). The van der Waals surface area contributed by atoms with Gasteiger partial charge in [-0.3, -0.25) is 29.5 Å². The summed E-state index contributed by atoms with van der Waals surface area (Å²) in [6.45, 7) is 3.80. The van der Waals surface area contributed by atoms with E-state index in [1.807, 2.05) is 6.08 Å². The fraction of sp³-hybridized carbons (Fsp3) is 0.244. The average molecular weight is 822 g/mol. The van der Waals surface area contributed by atoms with Gasteiger partial charge in [-0.25, -0.2) is 4.98 Å². The highest BCUT2D eigenvalue weighted by Gasteiger charge is 2.70. The molecule has 56 heavy (non-hydrogen) atoms. The number of hydrogen-bond acceptors (Lipinski definition) is 7. The molecule has 0 bridgehead atoms. The van der Waals surface area contributed by atoms with Gasteiger partial charge in [0.05, 0.1) is 39.4 Å². The molecule has 2 N–H and O–H groups in total. The van der Waals surface area contributed by atoms with Crippen LogP contribution in [-0.2, 0) is 37.2 Å². The summed E-state index contributed by atoms with van der Waals surface area (Å²) < 4.78 is 40.5. The summed E-state index contributed by atoms with van der Waals surface area (Å²) in [6.07, 6.45) is -0.477. The third-order valence-corrected chi connectivity index (χ3v) is 12.3. The lowest BCUT2D eigenvalue weighted by atomic mass is 9.49. The first-order valence-electron chi connectivity index (χ1n) is 17.6. The van der Waals surface area contributed by atoms with Gasteiger partial charge in [0.15, 0.2) is 5.82 Å². The first-order chi connectivity index (χ1) is 26.7. The molecule has 3 heterocycles. The number of amides is 4. The number of para-hydroxylation sites is 1. The lowest BCUT2D eigenvalue weighted by molar-refractivity contribution is -0.139. The van der Waals surface area contributed by atoms with E-state index in [1.165, 1.54) is 0 Å². The number of carbonyl (C=O) groups excluding carboxylic acids is 4. The first kappa shape index (κ1) is 37.7. The van der Waals surface area contributed by atoms with Gasteiger partial charge in [-0.1, -0.05) is 82.9 Å². The van der Waals surface area contributed by atoms with Crippen molar-refractivity contribution in [3.05, 3.63) is 141 Å². The number of hydrogen-bond donors (Lipinski definition) is 2. The van der Waals surface area contributed by atoms with Gasteiger partial charge in [0, 0.05) is 27.7 Å². The number of alkyl halides is 3. The van der Waals surface area contributed by atoms with Crippen molar-refractivity contribution in [2.24, 2.45) is 23.7 Å². The number of aromatic nitrogens is 1. The number of phenolic OH excluding ortho intramolecular Hbond substituents is 1. The summed E-state index contributed by atoms with van der Waals surface area (Å²) in [5.41, 5.74) is 1.71. The van der Waals surface area contributed by atoms with E-state index < -0.39 is 75.4 Å². The van der Waals surface area contributed by atoms with Crippen molar-refractivity contribution >= 4 is 69.9 Å². The Morgan fingerprint density at radius 3 is 2.25 bits per heavy atom. The van der Waals surface area contributed by atoms with E-state index in [2.05, 4.69) is 17.0 Å². The fourth-order valence-corrected chi connectivity index (χ4v) is 9.60. The normalized spacial score (nSPS) is 25.8. The number of fused-ring (bicyclic) bond motifs is 4. The summed E-state index contributed by atoms with van der Waals surface area (Å²) >= 11 is 18.7. The molecule has 286 valence electrons. The number of hydrazine groups is 1. The molecular weight excluding hydrogens is 792 g/mol. The van der Waals surface area contributed by atoms with Gasteiger partial charge in [-0.2, -0.15) is 18.2 Å². The van der Waals surface area contributed by atoms with Crippen LogP contribution in [0.3, 0.4) is 0 Å². The van der Waals surface area contributed by atoms with Gasteiger partial charge < -0.3 is 5.11 Å². The Kier molecular flexibility index (Phi) is 9.29. The van der Waals surface area contributed by atoms with E-state index in [-0.39, 0.29) is 30.8 Å². The summed E-state index contributed by atoms with van der Waals surface area (Å²) in [5.74, 6) is -7.81. The Morgan fingerprint density at radius 2 is 1.61 bits per heavy atom. The van der Waals surface area contributed by atoms with Crippen molar-refractivity contribution in [3.8, 4) is 5.75 Å². The number of nitrogens with zero attached hydrogens (tertiary/aromatic N) is 3. The molecule has 2 saturated heterocycles. The first-order valence-corrected chi connectivity index (χ1v) is 18.7. The molecule has 1 saturated carbocycles. The molecule has 6 unspecified atom stereocenters. The van der Waals surface area contributed by atoms with Crippen LogP contribution >= 0.6 is 34.8 Å². The molecule has 9 nitrogen and oxygen atoms in total. The monoisotopic (exact) mass is 820 g/mol. The number of halogens is 6. The molecular formula is C41H30Cl3F3N4O5. The van der Waals surface area contributed by atoms with Crippen molar-refractivity contribution in [3.63, 3.8) is 0 Å². The number of aromatic hydroxyl groups is 1. The van der Waals surface area contributed by atoms with E-state index in [0.717, 1.165) is 4.90 Å². The van der Waals surface area contributed by atoms with Crippen LogP contribution in [0.5, 0.6) is 5.75 Å². The van der Waals surface area contributed by atoms with Crippen LogP contribution in [0.2, 0.25) is 15.1 Å². The third-order valence-electron chi connectivity index (χ3n) is 11.5. The molecule has 0 radical (unpaired) electrons. The van der Waals surface area contributed by atoms with E-state index in [1.54, 1.807) is 72.8 Å². The summed E-state index contributed by atoms with van der Waals surface area (Å²) in [6, 6.07) is 18.4. The van der Waals surface area contributed by atoms with Gasteiger partial charge >= 0.3 is 6.18 Å². The molecule has 15 heteroatoms. The van der Waals surface area contributed by atoms with E-state index in [4.69, 9.17) is 34.8 Å². The number of nitrogens with one attached hydrogen (secondary N) is 1. The summed E-state index contributed by atoms with van der Waals surface area (Å²) in [5, 5.41) is 12.9. The summed E-state index contributed by atoms with van der Waals surface area (Å²) in [7, 11) is 0. The second-order valence-corrected chi connectivity index (χ2v) is 15.5. The highest BCUT2D eigenvalue weighted by Crippen LogP contribution is 2.65. The third kappa shape index (κ3) is 5.71. The molecule has 2 aliphatic carbocycles. The van der Waals surface area contributed by atoms with Crippen molar-refractivity contribution < 1.29 is 37.5 Å². The number of imide groups is 2. The van der Waals surface area contributed by atoms with Crippen LogP contribution in [0, 0.1) is 23.7 Å². The predicted molar refractivity (Wildman–Crippen MR) is 203 cm³/mol. The van der Waals surface area contributed by atoms with Crippen molar-refractivity contribution in [2.45, 2.75) is 36.8 Å². The van der Waals surface area contributed by atoms with E-state index in [0.29, 0.717) is 55.3 Å². The number of rotatable bonds is 7. The zero-order valence-corrected chi connectivity index (χ0v) is 31.3. The van der Waals surface area contributed by atoms with Gasteiger partial charge in [0.2, 0.25) is 11.8 Å². The van der Waals surface area contributed by atoms with Crippen molar-refractivity contribution in [1.29, 1.82) is 0 Å². The number of allylic oxidation sites excluding steroid dienone is 3.